The lowest BCUT2D eigenvalue weighted by Gasteiger charge is -2.19. The van der Waals surface area contributed by atoms with Gasteiger partial charge in [0.2, 0.25) is 0 Å². The summed E-state index contributed by atoms with van der Waals surface area (Å²) in [7, 11) is -2.63. The highest BCUT2D eigenvalue weighted by Crippen LogP contribution is 2.47. The monoisotopic (exact) mass is 513 g/mol. The molecule has 1 unspecified atom stereocenters. The first-order valence-corrected chi connectivity index (χ1v) is 12.3. The van der Waals surface area contributed by atoms with Crippen molar-refractivity contribution in [2.45, 2.75) is 13.5 Å². The molecule has 0 aliphatic rings. The zero-order valence-corrected chi connectivity index (χ0v) is 20.3. The van der Waals surface area contributed by atoms with Crippen LogP contribution in [-0.4, -0.2) is 23.0 Å². The van der Waals surface area contributed by atoms with Gasteiger partial charge in [-0.1, -0.05) is 17.5 Å². The van der Waals surface area contributed by atoms with Gasteiger partial charge in [0, 0.05) is 46.0 Å². The van der Waals surface area contributed by atoms with Crippen LogP contribution in [-0.2, 0) is 15.6 Å². The van der Waals surface area contributed by atoms with Gasteiger partial charge >= 0.3 is 0 Å². The van der Waals surface area contributed by atoms with E-state index in [0.29, 0.717) is 21.5 Å². The first-order valence-electron chi connectivity index (χ1n) is 10.3. The number of halogens is 3. The molecule has 2 heterocycles. The van der Waals surface area contributed by atoms with Crippen LogP contribution in [0.3, 0.4) is 0 Å². The fraction of sp³-hybridized carbons (Fsp3) is 0.120. The molecule has 0 aliphatic heterocycles. The zero-order valence-electron chi connectivity index (χ0n) is 18.7. The van der Waals surface area contributed by atoms with E-state index in [9.17, 15) is 18.1 Å². The number of carbonyl (C=O) groups excluding carboxylic acids is 1. The molecule has 0 bridgehead atoms. The van der Waals surface area contributed by atoms with Gasteiger partial charge in [-0.15, -0.1) is 6.42 Å². The molecule has 0 saturated heterocycles. The van der Waals surface area contributed by atoms with E-state index in [2.05, 4.69) is 21.2 Å². The number of aromatic nitrogens is 2. The Bertz CT molecular complexity index is 1540. The number of H-pyrrole nitrogens is 1. The van der Waals surface area contributed by atoms with Crippen molar-refractivity contribution < 1.29 is 22.7 Å². The number of nitrogens with one attached hydrogen (secondary N) is 2. The van der Waals surface area contributed by atoms with Crippen molar-refractivity contribution >= 4 is 46.4 Å². The molecule has 0 fully saturated rings. The lowest BCUT2D eigenvalue weighted by molar-refractivity contribution is 0.0947. The van der Waals surface area contributed by atoms with E-state index in [1.54, 1.807) is 43.3 Å². The number of terminal acetylenes is 1. The number of carbonyl (C=O) groups is 1. The number of pyridine rings is 1. The molecule has 10 heteroatoms. The number of benzene rings is 2. The maximum Gasteiger partial charge on any atom is 0.268 e. The quantitative estimate of drug-likeness (QED) is 0.292. The van der Waals surface area contributed by atoms with Crippen LogP contribution >= 0.6 is 19.0 Å². The Hall–Kier alpha value is -3.50. The number of amides is 1. The average Bonchev–Trinajstić information content (AvgIpc) is 3.22. The summed E-state index contributed by atoms with van der Waals surface area (Å²) in [6.07, 6.45) is 7.26. The Kier molecular flexibility index (Phi) is 6.77. The standard InChI is InChI=1S/C25H19ClF2N3O3P/c1-4-15-7-14(2)8-17(9-15)35(33,34-3)24-18-10-16(26)5-6-22(18)31-23(24)25(32)30-11-19-20(27)12-29-13-21(19)28/h1,5-10,12-13,31H,11H2,2-3H3,(H,30,32). The Balaban J connectivity index is 1.88. The van der Waals surface area contributed by atoms with Gasteiger partial charge in [-0.3, -0.25) is 14.3 Å². The number of rotatable bonds is 6. The largest absolute Gasteiger partial charge is 0.350 e. The highest BCUT2D eigenvalue weighted by molar-refractivity contribution is 7.75. The molecule has 0 spiro atoms. The van der Waals surface area contributed by atoms with Crippen LogP contribution in [0.15, 0.2) is 48.8 Å². The molecule has 6 nitrogen and oxygen atoms in total. The minimum atomic E-state index is -3.90. The van der Waals surface area contributed by atoms with Gasteiger partial charge in [-0.2, -0.15) is 0 Å². The van der Waals surface area contributed by atoms with Gasteiger partial charge in [0.05, 0.1) is 17.7 Å². The summed E-state index contributed by atoms with van der Waals surface area (Å²) in [6, 6.07) is 9.77. The minimum Gasteiger partial charge on any atom is -0.350 e. The van der Waals surface area contributed by atoms with Crippen LogP contribution in [0.2, 0.25) is 5.02 Å². The van der Waals surface area contributed by atoms with Crippen LogP contribution < -0.4 is 15.9 Å². The summed E-state index contributed by atoms with van der Waals surface area (Å²) < 4.78 is 48.0. The van der Waals surface area contributed by atoms with Gasteiger partial charge in [-0.25, -0.2) is 8.78 Å². The molecule has 1 amide bonds. The number of nitrogens with zero attached hydrogens (tertiary/aromatic N) is 1. The Morgan fingerprint density at radius 2 is 1.94 bits per heavy atom. The highest BCUT2D eigenvalue weighted by atomic mass is 35.5. The minimum absolute atomic E-state index is 0.0687. The molecule has 35 heavy (non-hydrogen) atoms. The van der Waals surface area contributed by atoms with Crippen molar-refractivity contribution in [2.24, 2.45) is 0 Å². The molecule has 2 aromatic carbocycles. The summed E-state index contributed by atoms with van der Waals surface area (Å²) in [5, 5.41) is 3.58. The predicted octanol–water partition coefficient (Wildman–Crippen LogP) is 4.59. The molecular weight excluding hydrogens is 495 g/mol. The van der Waals surface area contributed by atoms with Crippen molar-refractivity contribution in [3.05, 3.63) is 87.8 Å². The average molecular weight is 514 g/mol. The summed E-state index contributed by atoms with van der Waals surface area (Å²) >= 11 is 6.21. The van der Waals surface area contributed by atoms with Crippen LogP contribution in [0.4, 0.5) is 8.78 Å². The Morgan fingerprint density at radius 3 is 2.60 bits per heavy atom. The van der Waals surface area contributed by atoms with Crippen LogP contribution in [0.25, 0.3) is 10.9 Å². The zero-order chi connectivity index (χ0) is 25.3. The third-order valence-corrected chi connectivity index (χ3v) is 8.20. The summed E-state index contributed by atoms with van der Waals surface area (Å²) in [5.74, 6) is -0.0331. The fourth-order valence-corrected chi connectivity index (χ4v) is 6.29. The van der Waals surface area contributed by atoms with Gasteiger partial charge in [0.1, 0.15) is 17.3 Å². The number of hydrogen-bond acceptors (Lipinski definition) is 4. The molecule has 4 aromatic rings. The Labute approximate surface area is 205 Å². The van der Waals surface area contributed by atoms with E-state index in [0.717, 1.165) is 18.0 Å². The van der Waals surface area contributed by atoms with E-state index >= 15 is 0 Å². The first-order chi connectivity index (χ1) is 16.7. The second kappa shape index (κ2) is 9.63. The van der Waals surface area contributed by atoms with Crippen molar-refractivity contribution in [2.75, 3.05) is 7.11 Å². The molecule has 0 aliphatic carbocycles. The third kappa shape index (κ3) is 4.59. The lowest BCUT2D eigenvalue weighted by Crippen LogP contribution is -2.30. The van der Waals surface area contributed by atoms with Crippen molar-refractivity contribution in [3.63, 3.8) is 0 Å². The fourth-order valence-electron chi connectivity index (χ4n) is 3.83. The predicted molar refractivity (Wildman–Crippen MR) is 132 cm³/mol. The van der Waals surface area contributed by atoms with E-state index in [1.165, 1.54) is 7.11 Å². The van der Waals surface area contributed by atoms with Crippen molar-refractivity contribution in [1.29, 1.82) is 0 Å². The molecule has 2 aromatic heterocycles. The first kappa shape index (κ1) is 24.6. The van der Waals surface area contributed by atoms with E-state index in [-0.39, 0.29) is 21.9 Å². The molecular formula is C25H19ClF2N3O3P. The molecule has 4 rings (SSSR count). The lowest BCUT2D eigenvalue weighted by atomic mass is 10.1. The van der Waals surface area contributed by atoms with Crippen LogP contribution in [0.1, 0.15) is 27.2 Å². The maximum absolute atomic E-state index is 14.4. The van der Waals surface area contributed by atoms with Gasteiger partial charge in [0.15, 0.2) is 0 Å². The van der Waals surface area contributed by atoms with Crippen molar-refractivity contribution in [3.8, 4) is 12.3 Å². The molecule has 1 atom stereocenters. The smallest absolute Gasteiger partial charge is 0.268 e. The second-order valence-corrected chi connectivity index (χ2v) is 10.6. The van der Waals surface area contributed by atoms with Crippen LogP contribution in [0.5, 0.6) is 0 Å². The number of hydrogen-bond donors (Lipinski definition) is 2. The summed E-state index contributed by atoms with van der Waals surface area (Å²) in [4.78, 5) is 19.6. The second-order valence-electron chi connectivity index (χ2n) is 7.74. The molecule has 2 N–H and O–H groups in total. The molecule has 0 radical (unpaired) electrons. The maximum atomic E-state index is 14.4. The van der Waals surface area contributed by atoms with E-state index in [1.807, 2.05) is 0 Å². The number of aryl methyl sites for hydroxylation is 1. The van der Waals surface area contributed by atoms with Crippen LogP contribution in [0, 0.1) is 30.9 Å². The van der Waals surface area contributed by atoms with Gasteiger partial charge in [-0.05, 0) is 48.9 Å². The normalized spacial score (nSPS) is 12.8. The summed E-state index contributed by atoms with van der Waals surface area (Å²) in [5.41, 5.74) is 1.26. The number of fused-ring (bicyclic) bond motifs is 1. The van der Waals surface area contributed by atoms with E-state index in [4.69, 9.17) is 22.5 Å². The third-order valence-electron chi connectivity index (χ3n) is 5.46. The van der Waals surface area contributed by atoms with Gasteiger partial charge < -0.3 is 14.8 Å². The highest BCUT2D eigenvalue weighted by Gasteiger charge is 2.36. The van der Waals surface area contributed by atoms with Gasteiger partial charge in [0.25, 0.3) is 13.3 Å². The molecule has 0 saturated carbocycles. The Morgan fingerprint density at radius 1 is 1.23 bits per heavy atom. The molecule has 178 valence electrons. The topological polar surface area (TPSA) is 84.1 Å². The SMILES string of the molecule is C#Cc1cc(C)cc(P(=O)(OC)c2c(C(=O)NCc3c(F)cncc3F)[nH]c3ccc(Cl)cc23)c1. The number of aromatic amines is 1. The van der Waals surface area contributed by atoms with Crippen molar-refractivity contribution in [1.82, 2.24) is 15.3 Å². The van der Waals surface area contributed by atoms with E-state index < -0.39 is 31.5 Å². The summed E-state index contributed by atoms with van der Waals surface area (Å²) in [6.45, 7) is 1.33.